The maximum atomic E-state index is 13.6. The van der Waals surface area contributed by atoms with E-state index in [1.165, 1.54) is 36.4 Å². The van der Waals surface area contributed by atoms with E-state index in [0.717, 1.165) is 0 Å². The van der Waals surface area contributed by atoms with E-state index < -0.39 is 46.5 Å². The Labute approximate surface area is 159 Å². The van der Waals surface area contributed by atoms with E-state index >= 15 is 0 Å². The van der Waals surface area contributed by atoms with Crippen molar-refractivity contribution in [1.29, 1.82) is 0 Å². The molecular weight excluding hydrogens is 400 g/mol. The van der Waals surface area contributed by atoms with Crippen LogP contribution in [0.4, 0.5) is 28.9 Å². The highest BCUT2D eigenvalue weighted by Gasteiger charge is 2.21. The number of ether oxygens (including phenoxy) is 1. The molecule has 0 radical (unpaired) electrons. The molecule has 0 bridgehead atoms. The summed E-state index contributed by atoms with van der Waals surface area (Å²) in [5, 5.41) is 13.0. The van der Waals surface area contributed by atoms with Crippen molar-refractivity contribution in [3.8, 4) is 5.75 Å². The Morgan fingerprint density at radius 2 is 1.66 bits per heavy atom. The minimum atomic E-state index is -1.70. The highest BCUT2D eigenvalue weighted by molar-refractivity contribution is 6.02. The minimum Gasteiger partial charge on any atom is -0.479 e. The fourth-order valence-corrected chi connectivity index (χ4v) is 2.26. The van der Waals surface area contributed by atoms with Gasteiger partial charge in [0.05, 0.1) is 4.92 Å². The first-order chi connectivity index (χ1) is 13.8. The van der Waals surface area contributed by atoms with Gasteiger partial charge in [0, 0.05) is 23.9 Å². The van der Waals surface area contributed by atoms with Crippen LogP contribution >= 0.6 is 0 Å². The van der Waals surface area contributed by atoms with E-state index in [1.54, 1.807) is 0 Å². The molecule has 0 saturated carbocycles. The van der Waals surface area contributed by atoms with Crippen molar-refractivity contribution in [1.82, 2.24) is 0 Å². The monoisotopic (exact) mass is 410 g/mol. The summed E-state index contributed by atoms with van der Waals surface area (Å²) >= 11 is 0. The number of carbonyl (C=O) groups excluding carboxylic acids is 1. The van der Waals surface area contributed by atoms with E-state index in [1.807, 2.05) is 0 Å². The average Bonchev–Trinajstić information content (AvgIpc) is 3.16. The molecule has 0 unspecified atom stereocenters. The minimum absolute atomic E-state index is 0.0467. The summed E-state index contributed by atoms with van der Waals surface area (Å²) in [6, 6.07) is 7.55. The second-order valence-electron chi connectivity index (χ2n) is 5.61. The second kappa shape index (κ2) is 8.00. The fourth-order valence-electron chi connectivity index (χ4n) is 2.26. The van der Waals surface area contributed by atoms with E-state index in [9.17, 15) is 32.5 Å². The molecule has 0 fully saturated rings. The molecule has 0 atom stereocenters. The standard InChI is InChI=1S/C18H10F4N2O5/c19-12-7-13(20)16(22)17(15(12)21)28-8-11-5-6-14(29-11)18(25)23-9-1-3-10(4-2-9)24(26)27/h1-7H,8H2,(H,23,25). The zero-order valence-electron chi connectivity index (χ0n) is 14.2. The summed E-state index contributed by atoms with van der Waals surface area (Å²) in [5.41, 5.74) is 0.0999. The third kappa shape index (κ3) is 4.34. The summed E-state index contributed by atoms with van der Waals surface area (Å²) in [7, 11) is 0. The van der Waals surface area contributed by atoms with Gasteiger partial charge in [-0.15, -0.1) is 0 Å². The molecule has 1 amide bonds. The summed E-state index contributed by atoms with van der Waals surface area (Å²) in [6.45, 7) is -0.610. The Bertz CT molecular complexity index is 1060. The Morgan fingerprint density at radius 1 is 1.03 bits per heavy atom. The zero-order chi connectivity index (χ0) is 21.1. The van der Waals surface area contributed by atoms with Crippen LogP contribution in [0.15, 0.2) is 46.9 Å². The second-order valence-corrected chi connectivity index (χ2v) is 5.61. The number of rotatable bonds is 6. The number of furan rings is 1. The molecule has 0 aliphatic heterocycles. The van der Waals surface area contributed by atoms with Gasteiger partial charge in [-0.1, -0.05) is 0 Å². The van der Waals surface area contributed by atoms with Crippen LogP contribution in [0, 0.1) is 33.4 Å². The first kappa shape index (κ1) is 19.9. The number of benzene rings is 2. The topological polar surface area (TPSA) is 94.6 Å². The number of nitrogens with one attached hydrogen (secondary N) is 1. The van der Waals surface area contributed by atoms with E-state index in [-0.39, 0.29) is 29.0 Å². The molecule has 7 nitrogen and oxygen atoms in total. The molecule has 0 aliphatic carbocycles. The Hall–Kier alpha value is -3.89. The van der Waals surface area contributed by atoms with Crippen LogP contribution in [0.25, 0.3) is 0 Å². The molecule has 1 heterocycles. The molecule has 1 aromatic heterocycles. The fraction of sp³-hybridized carbons (Fsp3) is 0.0556. The van der Waals surface area contributed by atoms with E-state index in [0.29, 0.717) is 0 Å². The average molecular weight is 410 g/mol. The number of halogens is 4. The van der Waals surface area contributed by atoms with Gasteiger partial charge in [-0.25, -0.2) is 8.78 Å². The van der Waals surface area contributed by atoms with Crippen molar-refractivity contribution in [2.75, 3.05) is 5.32 Å². The molecule has 2 aromatic carbocycles. The van der Waals surface area contributed by atoms with Crippen LogP contribution in [-0.2, 0) is 6.61 Å². The predicted molar refractivity (Wildman–Crippen MR) is 90.4 cm³/mol. The van der Waals surface area contributed by atoms with Gasteiger partial charge in [0.1, 0.15) is 12.4 Å². The number of nitrogens with zero attached hydrogens (tertiary/aromatic N) is 1. The first-order valence-electron chi connectivity index (χ1n) is 7.86. The maximum Gasteiger partial charge on any atom is 0.291 e. The van der Waals surface area contributed by atoms with Crippen LogP contribution in [0.3, 0.4) is 0 Å². The van der Waals surface area contributed by atoms with Crippen molar-refractivity contribution in [2.45, 2.75) is 6.61 Å². The largest absolute Gasteiger partial charge is 0.479 e. The lowest BCUT2D eigenvalue weighted by molar-refractivity contribution is -0.384. The Morgan fingerprint density at radius 3 is 2.24 bits per heavy atom. The summed E-state index contributed by atoms with van der Waals surface area (Å²) in [5.74, 6) is -8.87. The lowest BCUT2D eigenvalue weighted by atomic mass is 10.3. The van der Waals surface area contributed by atoms with E-state index in [2.05, 4.69) is 5.32 Å². The third-order valence-corrected chi connectivity index (χ3v) is 3.65. The number of nitro groups is 1. The Kier molecular flexibility index (Phi) is 5.48. The molecule has 29 heavy (non-hydrogen) atoms. The van der Waals surface area contributed by atoms with Crippen molar-refractivity contribution in [3.63, 3.8) is 0 Å². The predicted octanol–water partition coefficient (Wildman–Crippen LogP) is 4.58. The lowest BCUT2D eigenvalue weighted by Crippen LogP contribution is -2.10. The van der Waals surface area contributed by atoms with Crippen LogP contribution in [0.1, 0.15) is 16.3 Å². The summed E-state index contributed by atoms with van der Waals surface area (Å²) < 4.78 is 63.3. The molecule has 3 aromatic rings. The maximum absolute atomic E-state index is 13.6. The number of anilines is 1. The van der Waals surface area contributed by atoms with Crippen LogP contribution in [0.2, 0.25) is 0 Å². The highest BCUT2D eigenvalue weighted by Crippen LogP contribution is 2.27. The quantitative estimate of drug-likeness (QED) is 0.278. The van der Waals surface area contributed by atoms with Gasteiger partial charge in [0.2, 0.25) is 11.6 Å². The molecule has 0 saturated heterocycles. The normalized spacial score (nSPS) is 10.6. The van der Waals surface area contributed by atoms with Gasteiger partial charge in [0.25, 0.3) is 11.6 Å². The van der Waals surface area contributed by atoms with Crippen LogP contribution in [-0.4, -0.2) is 10.8 Å². The zero-order valence-corrected chi connectivity index (χ0v) is 14.2. The van der Waals surface area contributed by atoms with Crippen molar-refractivity contribution >= 4 is 17.3 Å². The van der Waals surface area contributed by atoms with Gasteiger partial charge in [0.15, 0.2) is 23.1 Å². The van der Waals surface area contributed by atoms with Crippen molar-refractivity contribution in [2.24, 2.45) is 0 Å². The number of non-ortho nitro benzene ring substituents is 1. The molecule has 3 rings (SSSR count). The molecular formula is C18H10F4N2O5. The van der Waals surface area contributed by atoms with Crippen molar-refractivity contribution < 1.29 is 36.4 Å². The first-order valence-corrected chi connectivity index (χ1v) is 7.86. The molecule has 0 aliphatic rings. The van der Waals surface area contributed by atoms with Gasteiger partial charge in [-0.2, -0.15) is 8.78 Å². The summed E-state index contributed by atoms with van der Waals surface area (Å²) in [6.07, 6.45) is 0. The van der Waals surface area contributed by atoms with Crippen LogP contribution < -0.4 is 10.1 Å². The van der Waals surface area contributed by atoms with Crippen LogP contribution in [0.5, 0.6) is 5.75 Å². The lowest BCUT2D eigenvalue weighted by Gasteiger charge is -2.08. The number of carbonyl (C=O) groups is 1. The SMILES string of the molecule is O=C(Nc1ccc([N+](=O)[O-])cc1)c1ccc(COc2c(F)c(F)cc(F)c2F)o1. The van der Waals surface area contributed by atoms with Crippen molar-refractivity contribution in [3.05, 3.63) is 87.4 Å². The number of hydrogen-bond acceptors (Lipinski definition) is 5. The number of nitro benzene ring substituents is 1. The molecule has 0 spiro atoms. The molecule has 11 heteroatoms. The highest BCUT2D eigenvalue weighted by atomic mass is 19.2. The molecule has 1 N–H and O–H groups in total. The summed E-state index contributed by atoms with van der Waals surface area (Å²) in [4.78, 5) is 22.1. The third-order valence-electron chi connectivity index (χ3n) is 3.65. The number of amides is 1. The molecule has 150 valence electrons. The number of hydrogen-bond donors (Lipinski definition) is 1. The Balaban J connectivity index is 1.66. The van der Waals surface area contributed by atoms with Gasteiger partial charge < -0.3 is 14.5 Å². The van der Waals surface area contributed by atoms with Gasteiger partial charge >= 0.3 is 0 Å². The smallest absolute Gasteiger partial charge is 0.291 e. The van der Waals surface area contributed by atoms with Gasteiger partial charge in [-0.05, 0) is 24.3 Å². The van der Waals surface area contributed by atoms with Gasteiger partial charge in [-0.3, -0.25) is 14.9 Å². The van der Waals surface area contributed by atoms with E-state index in [4.69, 9.17) is 9.15 Å².